The van der Waals surface area contributed by atoms with Crippen molar-refractivity contribution in [2.24, 2.45) is 0 Å². The van der Waals surface area contributed by atoms with Crippen molar-refractivity contribution in [1.82, 2.24) is 4.90 Å². The molecule has 2 aromatic carbocycles. The van der Waals surface area contributed by atoms with Crippen molar-refractivity contribution in [1.29, 1.82) is 0 Å². The van der Waals surface area contributed by atoms with Gasteiger partial charge in [0.25, 0.3) is 0 Å². The summed E-state index contributed by atoms with van der Waals surface area (Å²) in [4.78, 5) is 28.4. The van der Waals surface area contributed by atoms with E-state index in [1.165, 1.54) is 12.1 Å². The molecule has 2 amide bonds. The van der Waals surface area contributed by atoms with Gasteiger partial charge in [-0.3, -0.25) is 9.59 Å². The van der Waals surface area contributed by atoms with Gasteiger partial charge in [-0.2, -0.15) is 0 Å². The van der Waals surface area contributed by atoms with Crippen LogP contribution in [0.3, 0.4) is 0 Å². The zero-order valence-corrected chi connectivity index (χ0v) is 13.5. The van der Waals surface area contributed by atoms with Crippen molar-refractivity contribution in [3.63, 3.8) is 0 Å². The minimum Gasteiger partial charge on any atom is -0.329 e. The summed E-state index contributed by atoms with van der Waals surface area (Å²) in [6.45, 7) is 2.62. The van der Waals surface area contributed by atoms with E-state index in [1.807, 2.05) is 30.3 Å². The molecule has 5 heteroatoms. The number of nitrogens with zero attached hydrogens (tertiary/aromatic N) is 2. The number of carbonyl (C=O) groups is 2. The van der Waals surface area contributed by atoms with Crippen molar-refractivity contribution >= 4 is 17.5 Å². The van der Waals surface area contributed by atoms with Gasteiger partial charge in [-0.25, -0.2) is 4.39 Å². The molecule has 3 rings (SSSR count). The minimum atomic E-state index is -0.528. The van der Waals surface area contributed by atoms with Crippen LogP contribution in [0, 0.1) is 5.82 Å². The molecule has 1 saturated heterocycles. The van der Waals surface area contributed by atoms with E-state index in [4.69, 9.17) is 0 Å². The number of hydrogen-bond donors (Lipinski definition) is 0. The summed E-state index contributed by atoms with van der Waals surface area (Å²) < 4.78 is 13.0. The fourth-order valence-electron chi connectivity index (χ4n) is 2.96. The molecular weight excluding hydrogens is 307 g/mol. The lowest BCUT2D eigenvalue weighted by Gasteiger charge is -2.39. The molecule has 124 valence electrons. The first-order valence-electron chi connectivity index (χ1n) is 7.96. The van der Waals surface area contributed by atoms with Gasteiger partial charge in [0.05, 0.1) is 6.42 Å². The summed E-state index contributed by atoms with van der Waals surface area (Å²) in [7, 11) is 0. The van der Waals surface area contributed by atoms with Gasteiger partial charge in [0.15, 0.2) is 0 Å². The third-order valence-corrected chi connectivity index (χ3v) is 4.31. The highest BCUT2D eigenvalue weighted by atomic mass is 19.1. The molecule has 0 N–H and O–H groups in total. The summed E-state index contributed by atoms with van der Waals surface area (Å²) in [6.07, 6.45) is 0.287. The van der Waals surface area contributed by atoms with Crippen LogP contribution < -0.4 is 4.90 Å². The lowest BCUT2D eigenvalue weighted by Crippen LogP contribution is -2.58. The van der Waals surface area contributed by atoms with Gasteiger partial charge in [-0.1, -0.05) is 30.3 Å². The van der Waals surface area contributed by atoms with Gasteiger partial charge < -0.3 is 9.80 Å². The molecule has 2 aromatic rings. The summed E-state index contributed by atoms with van der Waals surface area (Å²) in [5.41, 5.74) is 1.59. The SMILES string of the molecule is C[C@@H]1C(=O)N(c2ccc(F)cc2)CCN1C(=O)Cc1ccccc1. The maximum atomic E-state index is 13.0. The van der Waals surface area contributed by atoms with E-state index in [-0.39, 0.29) is 24.1 Å². The number of amides is 2. The number of benzene rings is 2. The lowest BCUT2D eigenvalue weighted by atomic mass is 10.1. The van der Waals surface area contributed by atoms with E-state index in [1.54, 1.807) is 28.9 Å². The predicted molar refractivity (Wildman–Crippen MR) is 90.1 cm³/mol. The number of halogens is 1. The second-order valence-corrected chi connectivity index (χ2v) is 5.89. The van der Waals surface area contributed by atoms with Crippen LogP contribution in [0.2, 0.25) is 0 Å². The van der Waals surface area contributed by atoms with E-state index in [2.05, 4.69) is 0 Å². The third-order valence-electron chi connectivity index (χ3n) is 4.31. The molecule has 0 radical (unpaired) electrons. The van der Waals surface area contributed by atoms with Crippen molar-refractivity contribution in [2.75, 3.05) is 18.0 Å². The van der Waals surface area contributed by atoms with Crippen LogP contribution >= 0.6 is 0 Å². The van der Waals surface area contributed by atoms with Crippen LogP contribution in [0.15, 0.2) is 54.6 Å². The fourth-order valence-corrected chi connectivity index (χ4v) is 2.96. The number of hydrogen-bond acceptors (Lipinski definition) is 2. The van der Waals surface area contributed by atoms with Gasteiger partial charge in [0, 0.05) is 18.8 Å². The molecule has 1 atom stereocenters. The minimum absolute atomic E-state index is 0.0548. The Bertz CT molecular complexity index is 731. The Morgan fingerprint density at radius 3 is 2.42 bits per heavy atom. The van der Waals surface area contributed by atoms with Crippen molar-refractivity contribution in [2.45, 2.75) is 19.4 Å². The number of piperazine rings is 1. The Balaban J connectivity index is 1.70. The van der Waals surface area contributed by atoms with Crippen molar-refractivity contribution in [3.05, 3.63) is 66.0 Å². The molecule has 0 unspecified atom stereocenters. The van der Waals surface area contributed by atoms with E-state index in [0.29, 0.717) is 18.8 Å². The molecule has 1 aliphatic heterocycles. The Labute approximate surface area is 140 Å². The zero-order valence-electron chi connectivity index (χ0n) is 13.5. The molecule has 1 aliphatic rings. The van der Waals surface area contributed by atoms with Crippen molar-refractivity contribution < 1.29 is 14.0 Å². The average molecular weight is 326 g/mol. The molecule has 1 heterocycles. The fraction of sp³-hybridized carbons (Fsp3) is 0.263. The maximum absolute atomic E-state index is 13.0. The van der Waals surface area contributed by atoms with Crippen LogP contribution in [-0.4, -0.2) is 35.8 Å². The average Bonchev–Trinajstić information content (AvgIpc) is 2.59. The van der Waals surface area contributed by atoms with Crippen LogP contribution in [0.25, 0.3) is 0 Å². The summed E-state index contributed by atoms with van der Waals surface area (Å²) >= 11 is 0. The van der Waals surface area contributed by atoms with Crippen LogP contribution in [0.5, 0.6) is 0 Å². The van der Waals surface area contributed by atoms with Crippen molar-refractivity contribution in [3.8, 4) is 0 Å². The van der Waals surface area contributed by atoms with E-state index < -0.39 is 6.04 Å². The monoisotopic (exact) mass is 326 g/mol. The normalized spacial score (nSPS) is 17.9. The Kier molecular flexibility index (Phi) is 4.60. The molecule has 1 fully saturated rings. The molecular formula is C19H19FN2O2. The highest BCUT2D eigenvalue weighted by Crippen LogP contribution is 2.21. The molecule has 0 bridgehead atoms. The highest BCUT2D eigenvalue weighted by molar-refractivity contribution is 6.00. The first-order chi connectivity index (χ1) is 11.6. The Morgan fingerprint density at radius 1 is 1.08 bits per heavy atom. The Hall–Kier alpha value is -2.69. The molecule has 0 saturated carbocycles. The summed E-state index contributed by atoms with van der Waals surface area (Å²) in [5, 5.41) is 0. The summed E-state index contributed by atoms with van der Waals surface area (Å²) in [5.74, 6) is -0.536. The number of carbonyl (C=O) groups excluding carboxylic acids is 2. The first-order valence-corrected chi connectivity index (χ1v) is 7.96. The third kappa shape index (κ3) is 3.30. The smallest absolute Gasteiger partial charge is 0.249 e. The summed E-state index contributed by atoms with van der Waals surface area (Å²) in [6, 6.07) is 14.8. The van der Waals surface area contributed by atoms with Gasteiger partial charge in [-0.15, -0.1) is 0 Å². The largest absolute Gasteiger partial charge is 0.329 e. The molecule has 24 heavy (non-hydrogen) atoms. The first kappa shape index (κ1) is 16.2. The molecule has 0 aromatic heterocycles. The van der Waals surface area contributed by atoms with Crippen LogP contribution in [0.1, 0.15) is 12.5 Å². The highest BCUT2D eigenvalue weighted by Gasteiger charge is 2.34. The van der Waals surface area contributed by atoms with Gasteiger partial charge in [0.1, 0.15) is 11.9 Å². The van der Waals surface area contributed by atoms with E-state index in [0.717, 1.165) is 5.56 Å². The Morgan fingerprint density at radius 2 is 1.75 bits per heavy atom. The van der Waals surface area contributed by atoms with Crippen LogP contribution in [-0.2, 0) is 16.0 Å². The standard InChI is InChI=1S/C19H19FN2O2/c1-14-19(24)22(17-9-7-16(20)8-10-17)12-11-21(14)18(23)13-15-5-3-2-4-6-15/h2-10,14H,11-13H2,1H3/t14-/m1/s1. The van der Waals surface area contributed by atoms with Gasteiger partial charge in [-0.05, 0) is 36.8 Å². The van der Waals surface area contributed by atoms with E-state index in [9.17, 15) is 14.0 Å². The molecule has 0 spiro atoms. The van der Waals surface area contributed by atoms with Gasteiger partial charge in [0.2, 0.25) is 11.8 Å². The topological polar surface area (TPSA) is 40.6 Å². The number of rotatable bonds is 3. The predicted octanol–water partition coefficient (Wildman–Crippen LogP) is 2.63. The van der Waals surface area contributed by atoms with Crippen LogP contribution in [0.4, 0.5) is 10.1 Å². The maximum Gasteiger partial charge on any atom is 0.249 e. The number of anilines is 1. The molecule has 0 aliphatic carbocycles. The molecule has 4 nitrogen and oxygen atoms in total. The second kappa shape index (κ2) is 6.83. The van der Waals surface area contributed by atoms with E-state index >= 15 is 0 Å². The quantitative estimate of drug-likeness (QED) is 0.870. The second-order valence-electron chi connectivity index (χ2n) is 5.89. The zero-order chi connectivity index (χ0) is 17.1. The van der Waals surface area contributed by atoms with Gasteiger partial charge >= 0.3 is 0 Å². The lowest BCUT2D eigenvalue weighted by molar-refractivity contribution is -0.140.